The summed E-state index contributed by atoms with van der Waals surface area (Å²) in [7, 11) is 0. The van der Waals surface area contributed by atoms with Crippen LogP contribution in [0.1, 0.15) is 35.2 Å². The van der Waals surface area contributed by atoms with E-state index < -0.39 is 5.91 Å². The molecular weight excluding hydrogens is 314 g/mol. The number of hydrogen-bond acceptors (Lipinski definition) is 4. The summed E-state index contributed by atoms with van der Waals surface area (Å²) in [5.74, 6) is 0.768. The number of aromatic nitrogens is 2. The standard InChI is InChI=1S/C19H25N5O/c20-17(25)16-11-23-24-12-14(10-22-18(16)24)9-21-13-19(7-4-8-19)15-5-2-1-3-6-15/h1-3,5-6,11,14,21-22H,4,7-10,12-13H2,(H2,20,25)/t14-/m1/s1. The fourth-order valence-corrected chi connectivity index (χ4v) is 4.06. The molecule has 1 saturated carbocycles. The summed E-state index contributed by atoms with van der Waals surface area (Å²) in [6, 6.07) is 10.9. The number of hydrogen-bond donors (Lipinski definition) is 3. The number of carbonyl (C=O) groups excluding carboxylic acids is 1. The summed E-state index contributed by atoms with van der Waals surface area (Å²) in [5.41, 5.74) is 7.61. The van der Waals surface area contributed by atoms with Crippen molar-refractivity contribution in [2.45, 2.75) is 31.2 Å². The van der Waals surface area contributed by atoms with Gasteiger partial charge in [-0.1, -0.05) is 36.8 Å². The summed E-state index contributed by atoms with van der Waals surface area (Å²) in [4.78, 5) is 11.4. The lowest BCUT2D eigenvalue weighted by Crippen LogP contribution is -2.46. The lowest BCUT2D eigenvalue weighted by atomic mass is 9.64. The SMILES string of the molecule is NC(=O)c1cnn2c1NC[C@@H](CNCC1(c3ccccc3)CCC1)C2. The monoisotopic (exact) mass is 339 g/mol. The Hall–Kier alpha value is -2.34. The predicted octanol–water partition coefficient (Wildman–Crippen LogP) is 1.74. The highest BCUT2D eigenvalue weighted by Crippen LogP contribution is 2.43. The Kier molecular flexibility index (Phi) is 4.21. The molecule has 132 valence electrons. The molecule has 1 aliphatic carbocycles. The molecule has 1 aliphatic heterocycles. The number of anilines is 1. The van der Waals surface area contributed by atoms with Crippen LogP contribution in [-0.2, 0) is 12.0 Å². The first-order valence-corrected chi connectivity index (χ1v) is 9.04. The zero-order valence-corrected chi connectivity index (χ0v) is 14.4. The van der Waals surface area contributed by atoms with Gasteiger partial charge >= 0.3 is 0 Å². The number of carbonyl (C=O) groups is 1. The van der Waals surface area contributed by atoms with Crippen molar-refractivity contribution in [3.05, 3.63) is 47.7 Å². The van der Waals surface area contributed by atoms with Crippen molar-refractivity contribution in [2.75, 3.05) is 25.0 Å². The van der Waals surface area contributed by atoms with Gasteiger partial charge < -0.3 is 16.4 Å². The summed E-state index contributed by atoms with van der Waals surface area (Å²) in [6.45, 7) is 3.59. The van der Waals surface area contributed by atoms with Gasteiger partial charge in [0.2, 0.25) is 0 Å². The van der Waals surface area contributed by atoms with Gasteiger partial charge in [-0.2, -0.15) is 5.10 Å². The van der Waals surface area contributed by atoms with Gasteiger partial charge in [0.05, 0.1) is 6.20 Å². The third-order valence-electron chi connectivity index (χ3n) is 5.69. The first kappa shape index (κ1) is 16.1. The van der Waals surface area contributed by atoms with E-state index in [2.05, 4.69) is 46.1 Å². The van der Waals surface area contributed by atoms with Crippen LogP contribution < -0.4 is 16.4 Å². The van der Waals surface area contributed by atoms with Crippen LogP contribution in [0.5, 0.6) is 0 Å². The number of amides is 1. The van der Waals surface area contributed by atoms with Crippen LogP contribution in [0.3, 0.4) is 0 Å². The van der Waals surface area contributed by atoms with Crippen LogP contribution in [0.15, 0.2) is 36.5 Å². The molecule has 0 bridgehead atoms. The van der Waals surface area contributed by atoms with E-state index in [9.17, 15) is 4.79 Å². The summed E-state index contributed by atoms with van der Waals surface area (Å²) >= 11 is 0. The summed E-state index contributed by atoms with van der Waals surface area (Å²) in [6.07, 6.45) is 5.39. The molecule has 1 aromatic carbocycles. The molecule has 2 aliphatic rings. The van der Waals surface area contributed by atoms with Crippen molar-refractivity contribution in [1.29, 1.82) is 0 Å². The molecule has 6 nitrogen and oxygen atoms in total. The largest absolute Gasteiger partial charge is 0.369 e. The third-order valence-corrected chi connectivity index (χ3v) is 5.69. The van der Waals surface area contributed by atoms with Gasteiger partial charge in [-0.15, -0.1) is 0 Å². The summed E-state index contributed by atoms with van der Waals surface area (Å²) < 4.78 is 1.85. The molecule has 2 heterocycles. The molecule has 1 amide bonds. The smallest absolute Gasteiger partial charge is 0.254 e. The Morgan fingerprint density at radius 2 is 2.16 bits per heavy atom. The molecule has 1 atom stereocenters. The first-order valence-electron chi connectivity index (χ1n) is 9.04. The topological polar surface area (TPSA) is 85.0 Å². The van der Waals surface area contributed by atoms with Crippen LogP contribution in [0.2, 0.25) is 0 Å². The average Bonchev–Trinajstić information content (AvgIpc) is 3.01. The van der Waals surface area contributed by atoms with E-state index >= 15 is 0 Å². The zero-order chi connectivity index (χ0) is 17.3. The lowest BCUT2D eigenvalue weighted by molar-refractivity contribution is 0.100. The van der Waals surface area contributed by atoms with Crippen LogP contribution in [0, 0.1) is 5.92 Å². The van der Waals surface area contributed by atoms with E-state index in [1.54, 1.807) is 6.20 Å². The maximum absolute atomic E-state index is 11.4. The molecule has 1 aromatic heterocycles. The van der Waals surface area contributed by atoms with Crippen LogP contribution in [0.25, 0.3) is 0 Å². The van der Waals surface area contributed by atoms with E-state index in [0.717, 1.165) is 32.0 Å². The number of nitrogens with zero attached hydrogens (tertiary/aromatic N) is 2. The van der Waals surface area contributed by atoms with Crippen molar-refractivity contribution in [3.63, 3.8) is 0 Å². The van der Waals surface area contributed by atoms with Crippen molar-refractivity contribution in [2.24, 2.45) is 11.7 Å². The quantitative estimate of drug-likeness (QED) is 0.748. The van der Waals surface area contributed by atoms with Gasteiger partial charge in [0, 0.05) is 37.5 Å². The Balaban J connectivity index is 1.34. The minimum atomic E-state index is -0.430. The highest BCUT2D eigenvalue weighted by atomic mass is 16.1. The average molecular weight is 339 g/mol. The van der Waals surface area contributed by atoms with Gasteiger partial charge in [0.1, 0.15) is 11.4 Å². The minimum absolute atomic E-state index is 0.305. The van der Waals surface area contributed by atoms with E-state index in [1.807, 2.05) is 4.68 Å². The Bertz CT molecular complexity index is 750. The number of benzene rings is 1. The van der Waals surface area contributed by atoms with Crippen molar-refractivity contribution >= 4 is 11.7 Å². The van der Waals surface area contributed by atoms with Crippen LogP contribution in [0.4, 0.5) is 5.82 Å². The molecule has 2 aromatic rings. The molecular formula is C19H25N5O. The van der Waals surface area contributed by atoms with Gasteiger partial charge in [-0.05, 0) is 18.4 Å². The molecule has 4 rings (SSSR count). The Morgan fingerprint density at radius 3 is 2.84 bits per heavy atom. The molecule has 4 N–H and O–H groups in total. The highest BCUT2D eigenvalue weighted by molar-refractivity contribution is 5.97. The number of nitrogens with two attached hydrogens (primary N) is 1. The number of rotatable bonds is 6. The highest BCUT2D eigenvalue weighted by Gasteiger charge is 2.38. The number of primary amides is 1. The normalized spacial score (nSPS) is 21.0. The van der Waals surface area contributed by atoms with Gasteiger partial charge in [0.25, 0.3) is 5.91 Å². The molecule has 25 heavy (non-hydrogen) atoms. The zero-order valence-electron chi connectivity index (χ0n) is 14.4. The van der Waals surface area contributed by atoms with Crippen LogP contribution >= 0.6 is 0 Å². The van der Waals surface area contributed by atoms with E-state index in [1.165, 1.54) is 24.8 Å². The van der Waals surface area contributed by atoms with Crippen molar-refractivity contribution in [1.82, 2.24) is 15.1 Å². The second-order valence-corrected chi connectivity index (χ2v) is 7.33. The maximum atomic E-state index is 11.4. The second kappa shape index (κ2) is 6.52. The van der Waals surface area contributed by atoms with Crippen molar-refractivity contribution < 1.29 is 4.79 Å². The number of nitrogens with one attached hydrogen (secondary N) is 2. The third kappa shape index (κ3) is 3.02. The first-order chi connectivity index (χ1) is 12.2. The van der Waals surface area contributed by atoms with Gasteiger partial charge in [-0.3, -0.25) is 4.79 Å². The minimum Gasteiger partial charge on any atom is -0.369 e. The Labute approximate surface area is 147 Å². The fourth-order valence-electron chi connectivity index (χ4n) is 4.06. The predicted molar refractivity (Wildman–Crippen MR) is 97.6 cm³/mol. The fraction of sp³-hybridized carbons (Fsp3) is 0.474. The van der Waals surface area contributed by atoms with Crippen molar-refractivity contribution in [3.8, 4) is 0 Å². The lowest BCUT2D eigenvalue weighted by Gasteiger charge is -2.43. The molecule has 0 saturated heterocycles. The molecule has 0 radical (unpaired) electrons. The van der Waals surface area contributed by atoms with E-state index in [-0.39, 0.29) is 0 Å². The number of fused-ring (bicyclic) bond motifs is 1. The summed E-state index contributed by atoms with van der Waals surface area (Å²) in [5, 5.41) is 11.3. The molecule has 0 unspecified atom stereocenters. The van der Waals surface area contributed by atoms with Crippen LogP contribution in [-0.4, -0.2) is 35.3 Å². The van der Waals surface area contributed by atoms with Gasteiger partial charge in [-0.25, -0.2) is 4.68 Å². The van der Waals surface area contributed by atoms with Gasteiger partial charge in [0.15, 0.2) is 0 Å². The van der Waals surface area contributed by atoms with E-state index in [4.69, 9.17) is 5.73 Å². The molecule has 0 spiro atoms. The second-order valence-electron chi connectivity index (χ2n) is 7.33. The maximum Gasteiger partial charge on any atom is 0.254 e. The Morgan fingerprint density at radius 1 is 1.36 bits per heavy atom. The molecule has 6 heteroatoms. The van der Waals surface area contributed by atoms with E-state index in [0.29, 0.717) is 16.9 Å². The molecule has 1 fully saturated rings.